The topological polar surface area (TPSA) is 12.0 Å². The average Bonchev–Trinajstić information content (AvgIpc) is 2.45. The summed E-state index contributed by atoms with van der Waals surface area (Å²) in [6.45, 7) is 9.01. The second-order valence-electron chi connectivity index (χ2n) is 6.31. The molecular formula is C19H25N. The Bertz CT molecular complexity index is 537. The van der Waals surface area contributed by atoms with Gasteiger partial charge in [0.05, 0.1) is 6.04 Å². The zero-order valence-electron chi connectivity index (χ0n) is 13.0. The van der Waals surface area contributed by atoms with Gasteiger partial charge in [-0.25, -0.2) is 0 Å². The lowest BCUT2D eigenvalue weighted by molar-refractivity contribution is 0.589. The van der Waals surface area contributed by atoms with E-state index in [-0.39, 0.29) is 5.41 Å². The van der Waals surface area contributed by atoms with E-state index in [1.165, 1.54) is 16.8 Å². The molecule has 2 aromatic rings. The highest BCUT2D eigenvalue weighted by molar-refractivity contribution is 5.55. The predicted octanol–water partition coefficient (Wildman–Crippen LogP) is 5.55. The van der Waals surface area contributed by atoms with Gasteiger partial charge in [0.15, 0.2) is 0 Å². The summed E-state index contributed by atoms with van der Waals surface area (Å²) in [6, 6.07) is 19.7. The largest absolute Gasteiger partial charge is 0.378 e. The Hall–Kier alpha value is -1.76. The van der Waals surface area contributed by atoms with Crippen molar-refractivity contribution >= 4 is 5.69 Å². The highest BCUT2D eigenvalue weighted by Gasteiger charge is 2.19. The Balaban J connectivity index is 2.29. The van der Waals surface area contributed by atoms with E-state index in [0.29, 0.717) is 6.04 Å². The number of nitrogens with one attached hydrogen (secondary N) is 1. The van der Waals surface area contributed by atoms with Crippen LogP contribution in [-0.2, 0) is 5.41 Å². The first kappa shape index (κ1) is 14.6. The van der Waals surface area contributed by atoms with E-state index in [1.807, 2.05) is 0 Å². The van der Waals surface area contributed by atoms with Crippen LogP contribution in [0.4, 0.5) is 5.69 Å². The highest BCUT2D eigenvalue weighted by Crippen LogP contribution is 2.32. The lowest BCUT2D eigenvalue weighted by Gasteiger charge is -2.26. The third kappa shape index (κ3) is 3.41. The molecule has 1 unspecified atom stereocenters. The molecule has 0 aromatic heterocycles. The second kappa shape index (κ2) is 6.13. The monoisotopic (exact) mass is 267 g/mol. The van der Waals surface area contributed by atoms with Crippen molar-refractivity contribution < 1.29 is 0 Å². The Morgan fingerprint density at radius 2 is 1.50 bits per heavy atom. The molecule has 2 rings (SSSR count). The van der Waals surface area contributed by atoms with Crippen LogP contribution in [0.5, 0.6) is 0 Å². The van der Waals surface area contributed by atoms with E-state index in [1.54, 1.807) is 0 Å². The Labute approximate surface area is 123 Å². The zero-order valence-corrected chi connectivity index (χ0v) is 13.0. The van der Waals surface area contributed by atoms with Crippen molar-refractivity contribution in [3.05, 3.63) is 65.7 Å². The average molecular weight is 267 g/mol. The maximum atomic E-state index is 3.72. The van der Waals surface area contributed by atoms with Crippen molar-refractivity contribution in [1.82, 2.24) is 0 Å². The van der Waals surface area contributed by atoms with Gasteiger partial charge < -0.3 is 5.32 Å². The number of para-hydroxylation sites is 1. The summed E-state index contributed by atoms with van der Waals surface area (Å²) in [7, 11) is 0. The molecule has 0 aliphatic heterocycles. The van der Waals surface area contributed by atoms with E-state index in [4.69, 9.17) is 0 Å². The number of benzene rings is 2. The van der Waals surface area contributed by atoms with Crippen LogP contribution in [0.25, 0.3) is 0 Å². The van der Waals surface area contributed by atoms with Gasteiger partial charge in [0, 0.05) is 5.69 Å². The van der Waals surface area contributed by atoms with Gasteiger partial charge in [0.2, 0.25) is 0 Å². The fourth-order valence-electron chi connectivity index (χ4n) is 2.56. The maximum Gasteiger partial charge on any atom is 0.0511 e. The molecule has 1 atom stereocenters. The standard InChI is InChI=1S/C19H25N/c1-5-17(15-11-7-6-8-12-15)20-18-14-10-9-13-16(18)19(2,3)4/h6-14,17,20H,5H2,1-4H3. The normalized spacial score (nSPS) is 13.0. The molecular weight excluding hydrogens is 242 g/mol. The predicted molar refractivity (Wildman–Crippen MR) is 88.2 cm³/mol. The van der Waals surface area contributed by atoms with E-state index in [2.05, 4.69) is 87.6 Å². The molecule has 0 radical (unpaired) electrons. The van der Waals surface area contributed by atoms with Crippen LogP contribution in [0, 0.1) is 0 Å². The molecule has 0 fully saturated rings. The number of anilines is 1. The van der Waals surface area contributed by atoms with Gasteiger partial charge in [-0.2, -0.15) is 0 Å². The molecule has 2 aromatic carbocycles. The van der Waals surface area contributed by atoms with Crippen molar-refractivity contribution in [1.29, 1.82) is 0 Å². The SMILES string of the molecule is CCC(Nc1ccccc1C(C)(C)C)c1ccccc1. The lowest BCUT2D eigenvalue weighted by atomic mass is 9.85. The zero-order chi connectivity index (χ0) is 14.6. The van der Waals surface area contributed by atoms with Crippen molar-refractivity contribution in [3.8, 4) is 0 Å². The molecule has 0 aliphatic rings. The molecule has 0 bridgehead atoms. The first-order valence-electron chi connectivity index (χ1n) is 7.43. The maximum absolute atomic E-state index is 3.72. The first-order chi connectivity index (χ1) is 9.52. The van der Waals surface area contributed by atoms with Crippen LogP contribution in [0.1, 0.15) is 51.3 Å². The van der Waals surface area contributed by atoms with Gasteiger partial charge in [0.1, 0.15) is 0 Å². The summed E-state index contributed by atoms with van der Waals surface area (Å²) in [6.07, 6.45) is 1.07. The molecule has 1 nitrogen and oxygen atoms in total. The molecule has 0 spiro atoms. The number of hydrogen-bond donors (Lipinski definition) is 1. The van der Waals surface area contributed by atoms with Crippen LogP contribution in [0.15, 0.2) is 54.6 Å². The van der Waals surface area contributed by atoms with Gasteiger partial charge in [-0.15, -0.1) is 0 Å². The second-order valence-corrected chi connectivity index (χ2v) is 6.31. The lowest BCUT2D eigenvalue weighted by Crippen LogP contribution is -2.17. The minimum Gasteiger partial charge on any atom is -0.378 e. The van der Waals surface area contributed by atoms with Gasteiger partial charge in [-0.05, 0) is 29.0 Å². The van der Waals surface area contributed by atoms with E-state index >= 15 is 0 Å². The summed E-state index contributed by atoms with van der Waals surface area (Å²) in [5, 5.41) is 3.72. The highest BCUT2D eigenvalue weighted by atomic mass is 14.9. The Morgan fingerprint density at radius 3 is 2.10 bits per heavy atom. The Kier molecular flexibility index (Phi) is 4.49. The summed E-state index contributed by atoms with van der Waals surface area (Å²) >= 11 is 0. The van der Waals surface area contributed by atoms with Gasteiger partial charge in [0.25, 0.3) is 0 Å². The van der Waals surface area contributed by atoms with Crippen LogP contribution in [0.2, 0.25) is 0 Å². The summed E-state index contributed by atoms with van der Waals surface area (Å²) in [5.41, 5.74) is 4.11. The molecule has 1 heteroatoms. The quantitative estimate of drug-likeness (QED) is 0.766. The molecule has 0 heterocycles. The van der Waals surface area contributed by atoms with Gasteiger partial charge in [-0.3, -0.25) is 0 Å². The summed E-state index contributed by atoms with van der Waals surface area (Å²) < 4.78 is 0. The smallest absolute Gasteiger partial charge is 0.0511 e. The molecule has 0 amide bonds. The molecule has 106 valence electrons. The van der Waals surface area contributed by atoms with E-state index in [0.717, 1.165) is 6.42 Å². The minimum atomic E-state index is 0.151. The molecule has 0 saturated carbocycles. The number of hydrogen-bond acceptors (Lipinski definition) is 1. The van der Waals surface area contributed by atoms with Gasteiger partial charge in [-0.1, -0.05) is 76.2 Å². The molecule has 0 saturated heterocycles. The van der Waals surface area contributed by atoms with Gasteiger partial charge >= 0.3 is 0 Å². The van der Waals surface area contributed by atoms with Crippen LogP contribution >= 0.6 is 0 Å². The fourth-order valence-corrected chi connectivity index (χ4v) is 2.56. The fraction of sp³-hybridized carbons (Fsp3) is 0.368. The minimum absolute atomic E-state index is 0.151. The third-order valence-electron chi connectivity index (χ3n) is 3.68. The van der Waals surface area contributed by atoms with E-state index in [9.17, 15) is 0 Å². The Morgan fingerprint density at radius 1 is 0.900 bits per heavy atom. The van der Waals surface area contributed by atoms with Crippen molar-refractivity contribution in [2.24, 2.45) is 0 Å². The van der Waals surface area contributed by atoms with Crippen LogP contribution in [0.3, 0.4) is 0 Å². The molecule has 20 heavy (non-hydrogen) atoms. The molecule has 0 aliphatic carbocycles. The van der Waals surface area contributed by atoms with Crippen molar-refractivity contribution in [3.63, 3.8) is 0 Å². The van der Waals surface area contributed by atoms with Crippen molar-refractivity contribution in [2.75, 3.05) is 5.32 Å². The number of rotatable bonds is 4. The van der Waals surface area contributed by atoms with Crippen molar-refractivity contribution in [2.45, 2.75) is 45.6 Å². The van der Waals surface area contributed by atoms with Crippen LogP contribution < -0.4 is 5.32 Å². The van der Waals surface area contributed by atoms with Crippen LogP contribution in [-0.4, -0.2) is 0 Å². The third-order valence-corrected chi connectivity index (χ3v) is 3.68. The van der Waals surface area contributed by atoms with E-state index < -0.39 is 0 Å². The summed E-state index contributed by atoms with van der Waals surface area (Å²) in [5.74, 6) is 0. The summed E-state index contributed by atoms with van der Waals surface area (Å²) in [4.78, 5) is 0. The first-order valence-corrected chi connectivity index (χ1v) is 7.43. The molecule has 1 N–H and O–H groups in total.